The second kappa shape index (κ2) is 8.08. The first-order valence-electron chi connectivity index (χ1n) is 9.91. The summed E-state index contributed by atoms with van der Waals surface area (Å²) in [5, 5.41) is 10.1. The Morgan fingerprint density at radius 1 is 1.14 bits per heavy atom. The van der Waals surface area contributed by atoms with Gasteiger partial charge in [0.15, 0.2) is 24.0 Å². The number of rotatable bonds is 4. The minimum Gasteiger partial charge on any atom is -0.493 e. The van der Waals surface area contributed by atoms with Crippen molar-refractivity contribution in [3.8, 4) is 11.5 Å². The van der Waals surface area contributed by atoms with Crippen molar-refractivity contribution in [2.24, 2.45) is 0 Å². The molecule has 0 aromatic heterocycles. The molecule has 0 aliphatic carbocycles. The normalized spacial score (nSPS) is 26.6. The maximum absolute atomic E-state index is 13.3. The molecule has 0 saturated carbocycles. The molecular formula is C20H26N2O7. The Bertz CT molecular complexity index is 793. The zero-order chi connectivity index (χ0) is 20.5. The molecule has 3 heterocycles. The van der Waals surface area contributed by atoms with Crippen molar-refractivity contribution < 1.29 is 33.6 Å². The van der Waals surface area contributed by atoms with Gasteiger partial charge in [-0.3, -0.25) is 4.79 Å². The van der Waals surface area contributed by atoms with Crippen LogP contribution in [-0.4, -0.2) is 67.9 Å². The fraction of sp³-hybridized carbons (Fsp3) is 0.600. The van der Waals surface area contributed by atoms with Gasteiger partial charge in [-0.05, 0) is 38.2 Å². The molecule has 9 nitrogen and oxygen atoms in total. The van der Waals surface area contributed by atoms with Crippen molar-refractivity contribution in [3.05, 3.63) is 17.7 Å². The molecule has 3 atom stereocenters. The molecule has 2 fully saturated rings. The quantitative estimate of drug-likeness (QED) is 0.821. The summed E-state index contributed by atoms with van der Waals surface area (Å²) in [6, 6.07) is 2.69. The average molecular weight is 406 g/mol. The van der Waals surface area contributed by atoms with Gasteiger partial charge in [0.05, 0.1) is 31.5 Å². The second-order valence-electron chi connectivity index (χ2n) is 7.41. The third-order valence-electron chi connectivity index (χ3n) is 5.77. The number of hydrogen-bond donors (Lipinski definition) is 1. The van der Waals surface area contributed by atoms with Gasteiger partial charge in [-0.25, -0.2) is 9.69 Å². The van der Waals surface area contributed by atoms with Gasteiger partial charge >= 0.3 is 6.09 Å². The van der Waals surface area contributed by atoms with Gasteiger partial charge in [0.2, 0.25) is 0 Å². The van der Waals surface area contributed by atoms with E-state index in [-0.39, 0.29) is 23.2 Å². The Hall–Kier alpha value is -2.52. The molecule has 3 unspecified atom stereocenters. The van der Waals surface area contributed by atoms with E-state index in [0.717, 1.165) is 24.2 Å². The minimum absolute atomic E-state index is 0.231. The van der Waals surface area contributed by atoms with Crippen molar-refractivity contribution in [3.63, 3.8) is 0 Å². The first-order valence-corrected chi connectivity index (χ1v) is 9.91. The first-order chi connectivity index (χ1) is 14.0. The SMILES string of the molecule is COc1cc2c(cc1OC)N(C(=O)O)C(OC1CCCCO1)C1CCCN1C2=O. The number of methoxy groups -OCH3 is 2. The van der Waals surface area contributed by atoms with Crippen molar-refractivity contribution >= 4 is 17.7 Å². The first kappa shape index (κ1) is 19.8. The highest BCUT2D eigenvalue weighted by Crippen LogP contribution is 2.42. The molecule has 3 aliphatic heterocycles. The molecule has 0 bridgehead atoms. The number of amides is 2. The Balaban J connectivity index is 1.82. The molecule has 1 N–H and O–H groups in total. The maximum Gasteiger partial charge on any atom is 0.414 e. The highest BCUT2D eigenvalue weighted by atomic mass is 16.7. The second-order valence-corrected chi connectivity index (χ2v) is 7.41. The number of carbonyl (C=O) groups is 2. The summed E-state index contributed by atoms with van der Waals surface area (Å²) >= 11 is 0. The molecule has 1 aromatic rings. The molecule has 0 radical (unpaired) electrons. The molecule has 3 aliphatic rings. The van der Waals surface area contributed by atoms with Gasteiger partial charge in [-0.15, -0.1) is 0 Å². The van der Waals surface area contributed by atoms with E-state index in [1.165, 1.54) is 20.3 Å². The smallest absolute Gasteiger partial charge is 0.414 e. The Morgan fingerprint density at radius 3 is 2.55 bits per heavy atom. The lowest BCUT2D eigenvalue weighted by molar-refractivity contribution is -0.195. The monoisotopic (exact) mass is 406 g/mol. The summed E-state index contributed by atoms with van der Waals surface area (Å²) in [7, 11) is 2.95. The van der Waals surface area contributed by atoms with E-state index >= 15 is 0 Å². The Labute approximate surface area is 169 Å². The largest absolute Gasteiger partial charge is 0.493 e. The summed E-state index contributed by atoms with van der Waals surface area (Å²) in [6.45, 7) is 1.13. The third-order valence-corrected chi connectivity index (χ3v) is 5.77. The van der Waals surface area contributed by atoms with Crippen LogP contribution in [-0.2, 0) is 9.47 Å². The fourth-order valence-corrected chi connectivity index (χ4v) is 4.38. The average Bonchev–Trinajstić information content (AvgIpc) is 3.19. The summed E-state index contributed by atoms with van der Waals surface area (Å²) in [4.78, 5) is 28.5. The fourth-order valence-electron chi connectivity index (χ4n) is 4.38. The standard InChI is InChI=1S/C20H26N2O7/c1-26-15-10-12-14(11-16(15)27-2)22(20(24)25)19(29-17-7-3-4-9-28-17)13-6-5-8-21(13)18(12)23/h10-11,13,17,19H,3-9H2,1-2H3,(H,24,25). The van der Waals surface area contributed by atoms with Crippen molar-refractivity contribution in [2.75, 3.05) is 32.3 Å². The molecule has 2 saturated heterocycles. The van der Waals surface area contributed by atoms with Crippen LogP contribution in [0.4, 0.5) is 10.5 Å². The van der Waals surface area contributed by atoms with E-state index in [0.29, 0.717) is 37.5 Å². The van der Waals surface area contributed by atoms with Gasteiger partial charge in [-0.2, -0.15) is 0 Å². The van der Waals surface area contributed by atoms with Crippen LogP contribution in [0.15, 0.2) is 12.1 Å². The van der Waals surface area contributed by atoms with Gasteiger partial charge in [0.25, 0.3) is 5.91 Å². The Morgan fingerprint density at radius 2 is 1.90 bits per heavy atom. The molecule has 4 rings (SSSR count). The van der Waals surface area contributed by atoms with Crippen LogP contribution in [0.1, 0.15) is 42.5 Å². The lowest BCUT2D eigenvalue weighted by Gasteiger charge is -2.37. The van der Waals surface area contributed by atoms with Gasteiger partial charge in [-0.1, -0.05) is 0 Å². The molecule has 9 heteroatoms. The summed E-state index contributed by atoms with van der Waals surface area (Å²) < 4.78 is 22.6. The maximum atomic E-state index is 13.3. The molecular weight excluding hydrogens is 380 g/mol. The molecule has 1 aromatic carbocycles. The highest BCUT2D eigenvalue weighted by Gasteiger charge is 2.47. The van der Waals surface area contributed by atoms with Crippen LogP contribution in [0, 0.1) is 0 Å². The number of benzene rings is 1. The zero-order valence-electron chi connectivity index (χ0n) is 16.6. The molecule has 158 valence electrons. The summed E-state index contributed by atoms with van der Waals surface area (Å²) in [6.07, 6.45) is 1.52. The minimum atomic E-state index is -1.19. The van der Waals surface area contributed by atoms with Crippen LogP contribution in [0.3, 0.4) is 0 Å². The topological polar surface area (TPSA) is 97.8 Å². The van der Waals surface area contributed by atoms with Crippen molar-refractivity contribution in [2.45, 2.75) is 50.7 Å². The number of fused-ring (bicyclic) bond motifs is 2. The van der Waals surface area contributed by atoms with Gasteiger partial charge < -0.3 is 29.0 Å². The lowest BCUT2D eigenvalue weighted by atomic mass is 10.1. The van der Waals surface area contributed by atoms with E-state index in [1.807, 2.05) is 0 Å². The molecule has 0 spiro atoms. The van der Waals surface area contributed by atoms with E-state index in [2.05, 4.69) is 0 Å². The number of carboxylic acid groups (broad SMARTS) is 1. The molecule has 29 heavy (non-hydrogen) atoms. The van der Waals surface area contributed by atoms with E-state index in [4.69, 9.17) is 18.9 Å². The summed E-state index contributed by atoms with van der Waals surface area (Å²) in [5.41, 5.74) is 0.489. The third kappa shape index (κ3) is 3.49. The van der Waals surface area contributed by atoms with Crippen LogP contribution in [0.25, 0.3) is 0 Å². The molecule has 2 amide bonds. The number of hydrogen-bond acceptors (Lipinski definition) is 6. The summed E-state index contributed by atoms with van der Waals surface area (Å²) in [5.74, 6) is 0.487. The lowest BCUT2D eigenvalue weighted by Crippen LogP contribution is -2.53. The van der Waals surface area contributed by atoms with E-state index in [9.17, 15) is 14.7 Å². The van der Waals surface area contributed by atoms with Crippen molar-refractivity contribution in [1.82, 2.24) is 4.90 Å². The van der Waals surface area contributed by atoms with E-state index < -0.39 is 18.6 Å². The van der Waals surface area contributed by atoms with Crippen LogP contribution < -0.4 is 14.4 Å². The number of anilines is 1. The van der Waals surface area contributed by atoms with Crippen LogP contribution in [0.2, 0.25) is 0 Å². The number of ether oxygens (including phenoxy) is 4. The van der Waals surface area contributed by atoms with Crippen LogP contribution >= 0.6 is 0 Å². The zero-order valence-corrected chi connectivity index (χ0v) is 16.6. The highest BCUT2D eigenvalue weighted by molar-refractivity contribution is 6.05. The van der Waals surface area contributed by atoms with Gasteiger partial charge in [0, 0.05) is 19.2 Å². The predicted octanol–water partition coefficient (Wildman–Crippen LogP) is 2.68. The van der Waals surface area contributed by atoms with Gasteiger partial charge in [0.1, 0.15) is 0 Å². The predicted molar refractivity (Wildman–Crippen MR) is 103 cm³/mol. The Kier molecular flexibility index (Phi) is 5.51. The van der Waals surface area contributed by atoms with E-state index in [1.54, 1.807) is 11.0 Å². The van der Waals surface area contributed by atoms with Crippen molar-refractivity contribution in [1.29, 1.82) is 0 Å². The van der Waals surface area contributed by atoms with Crippen LogP contribution in [0.5, 0.6) is 11.5 Å². The number of carbonyl (C=O) groups excluding carboxylic acids is 1. The number of nitrogens with zero attached hydrogens (tertiary/aromatic N) is 2.